The van der Waals surface area contributed by atoms with Gasteiger partial charge >= 0.3 is 0 Å². The van der Waals surface area contributed by atoms with E-state index in [1.165, 1.54) is 0 Å². The first-order chi connectivity index (χ1) is 3.46. The first-order valence-electron chi connectivity index (χ1n) is 1.10. The molecule has 0 aliphatic carbocycles. The van der Waals surface area contributed by atoms with Crippen LogP contribution in [0.2, 0.25) is 0 Å². The number of hydrogen-bond acceptors (Lipinski definition) is 6. The molecule has 0 spiro atoms. The van der Waals surface area contributed by atoms with Gasteiger partial charge in [-0.2, -0.15) is 0 Å². The van der Waals surface area contributed by atoms with E-state index in [-0.39, 0.29) is 49.6 Å². The fourth-order valence-corrected chi connectivity index (χ4v) is 0. The summed E-state index contributed by atoms with van der Waals surface area (Å²) >= 11 is 0. The summed E-state index contributed by atoms with van der Waals surface area (Å²) in [6.07, 6.45) is 0. The predicted octanol–water partition coefficient (Wildman–Crippen LogP) is -5.43. The van der Waals surface area contributed by atoms with Gasteiger partial charge in [0, 0.05) is 16.8 Å². The van der Waals surface area contributed by atoms with Gasteiger partial charge in [-0.05, 0) is 0 Å². The molecule has 15 heavy (non-hydrogen) atoms. The van der Waals surface area contributed by atoms with Gasteiger partial charge in [-0.3, -0.25) is 0 Å². The Bertz CT molecular complexity index is 71.6. The van der Waals surface area contributed by atoms with Gasteiger partial charge in [0.25, 0.3) is 0 Å². The summed E-state index contributed by atoms with van der Waals surface area (Å²) in [5.41, 5.74) is 0. The molecule has 0 fully saturated rings. The molecule has 12 N–H and O–H groups in total. The van der Waals surface area contributed by atoms with Crippen LogP contribution in [-0.4, -0.2) is 43.0 Å². The van der Waals surface area contributed by atoms with E-state index < -0.39 is 10.2 Å². The quantitative estimate of drug-likeness (QED) is 0.309. The Morgan fingerprint density at radius 3 is 0.533 bits per heavy atom. The van der Waals surface area contributed by atoms with Crippen LogP contribution in [0.5, 0.6) is 0 Å². The third kappa shape index (κ3) is 810. The van der Waals surface area contributed by atoms with Gasteiger partial charge in [-0.25, -0.2) is 0 Å². The summed E-state index contributed by atoms with van der Waals surface area (Å²) in [5.74, 6) is 0. The normalized spacial score (nSPS) is 3.20. The Hall–Kier alpha value is -1.33. The van der Waals surface area contributed by atoms with E-state index in [0.717, 1.165) is 0 Å². The van der Waals surface area contributed by atoms with Crippen molar-refractivity contribution in [1.29, 1.82) is 0 Å². The van der Waals surface area contributed by atoms with Crippen LogP contribution >= 0.6 is 0 Å². The van der Waals surface area contributed by atoms with Crippen LogP contribution in [0.1, 0.15) is 0 Å². The fourth-order valence-electron chi connectivity index (χ4n) is 0. The van der Waals surface area contributed by atoms with Gasteiger partial charge in [0.1, 0.15) is 0 Å². The first kappa shape index (κ1) is 101. The molecule has 0 atom stereocenters. The van der Waals surface area contributed by atoms with E-state index in [9.17, 15) is 0 Å². The standard InChI is InChI=1S/Co.2NO3.6H2O/c;2*2-1(3)4;;;;;;/h;;;6*1H2/q;2*-1;;;;;;. The first-order valence-corrected chi connectivity index (χ1v) is 1.10. The second-order valence-corrected chi connectivity index (χ2v) is 0.447. The molecule has 0 bridgehead atoms. The van der Waals surface area contributed by atoms with Crippen molar-refractivity contribution < 1.29 is 59.8 Å². The summed E-state index contributed by atoms with van der Waals surface area (Å²) in [7, 11) is 0. The van der Waals surface area contributed by atoms with Gasteiger partial charge in [-0.15, -0.1) is 0 Å². The largest absolute Gasteiger partial charge is 0.412 e. The molecule has 0 heterocycles. The van der Waals surface area contributed by atoms with E-state index >= 15 is 0 Å². The van der Waals surface area contributed by atoms with Gasteiger partial charge in [-0.1, -0.05) is 0 Å². The van der Waals surface area contributed by atoms with Crippen molar-refractivity contribution in [3.05, 3.63) is 30.6 Å². The average molecular weight is 291 g/mol. The molecular weight excluding hydrogens is 279 g/mol. The predicted molar refractivity (Wildman–Crippen MR) is 42.4 cm³/mol. The maximum Gasteiger partial charge on any atom is 0.0689 e. The minimum Gasteiger partial charge on any atom is -0.412 e. The Morgan fingerprint density at radius 1 is 0.533 bits per heavy atom. The van der Waals surface area contributed by atoms with Gasteiger partial charge in [0.05, 0.1) is 10.2 Å². The van der Waals surface area contributed by atoms with Gasteiger partial charge in [0.2, 0.25) is 0 Å². The topological polar surface area (TPSA) is 321 Å². The molecular formula is H12CoN2O12-2. The van der Waals surface area contributed by atoms with E-state index in [2.05, 4.69) is 0 Å². The SMILES string of the molecule is O.O.O.O.O.O.O=[N+]([O-])[O-].O=[N+]([O-])[O-].[Co]. The van der Waals surface area contributed by atoms with Crippen LogP contribution in [-0.2, 0) is 16.8 Å². The summed E-state index contributed by atoms with van der Waals surface area (Å²) in [6, 6.07) is 0. The zero-order valence-electron chi connectivity index (χ0n) is 6.68. The minimum atomic E-state index is -1.75. The molecule has 14 nitrogen and oxygen atoms in total. The molecule has 0 aromatic heterocycles. The molecule has 0 saturated carbocycles. The van der Waals surface area contributed by atoms with Crippen LogP contribution in [0.15, 0.2) is 0 Å². The molecule has 0 saturated heterocycles. The molecule has 0 aromatic carbocycles. The number of hydrogen-bond donors (Lipinski definition) is 0. The molecule has 0 aliphatic heterocycles. The second-order valence-electron chi connectivity index (χ2n) is 0.447. The molecule has 105 valence electrons. The molecule has 0 aliphatic rings. The van der Waals surface area contributed by atoms with Crippen molar-refractivity contribution in [2.24, 2.45) is 0 Å². The van der Waals surface area contributed by atoms with Crippen LogP contribution in [0.3, 0.4) is 0 Å². The Balaban J connectivity index is -0.00000000468. The van der Waals surface area contributed by atoms with Gasteiger partial charge in [0.15, 0.2) is 0 Å². The fraction of sp³-hybridized carbons (Fsp3) is 0. The number of nitrogens with zero attached hydrogens (tertiary/aromatic N) is 2. The monoisotopic (exact) mass is 291 g/mol. The van der Waals surface area contributed by atoms with Crippen molar-refractivity contribution >= 4 is 0 Å². The molecule has 1 radical (unpaired) electrons. The van der Waals surface area contributed by atoms with Crippen molar-refractivity contribution in [2.45, 2.75) is 0 Å². The summed E-state index contributed by atoms with van der Waals surface area (Å²) in [5, 5.41) is 29.5. The molecule has 0 aromatic rings. The van der Waals surface area contributed by atoms with E-state index in [0.29, 0.717) is 0 Å². The van der Waals surface area contributed by atoms with E-state index in [1.54, 1.807) is 0 Å². The summed E-state index contributed by atoms with van der Waals surface area (Å²) in [4.78, 5) is 16.5. The molecule has 0 unspecified atom stereocenters. The van der Waals surface area contributed by atoms with Crippen LogP contribution in [0.25, 0.3) is 0 Å². The second kappa shape index (κ2) is 79.2. The molecule has 0 amide bonds. The van der Waals surface area contributed by atoms with Gasteiger partial charge < -0.3 is 63.5 Å². The van der Waals surface area contributed by atoms with Crippen LogP contribution in [0, 0.1) is 30.6 Å². The molecule has 0 rings (SSSR count). The van der Waals surface area contributed by atoms with Crippen LogP contribution < -0.4 is 0 Å². The summed E-state index contributed by atoms with van der Waals surface area (Å²) in [6.45, 7) is 0. The Kier molecular flexibility index (Phi) is 531. The Labute approximate surface area is 91.4 Å². The zero-order chi connectivity index (χ0) is 7.15. The van der Waals surface area contributed by atoms with Crippen LogP contribution in [0.4, 0.5) is 0 Å². The van der Waals surface area contributed by atoms with Crippen molar-refractivity contribution in [1.82, 2.24) is 0 Å². The van der Waals surface area contributed by atoms with Crippen molar-refractivity contribution in [2.75, 3.05) is 0 Å². The van der Waals surface area contributed by atoms with E-state index in [4.69, 9.17) is 30.6 Å². The average Bonchev–Trinajstić information content (AvgIpc) is 1.25. The summed E-state index contributed by atoms with van der Waals surface area (Å²) < 4.78 is 0. The van der Waals surface area contributed by atoms with E-state index in [1.807, 2.05) is 0 Å². The third-order valence-electron chi connectivity index (χ3n) is 0. The third-order valence-corrected chi connectivity index (χ3v) is 0. The maximum absolute atomic E-state index is 8.25. The smallest absolute Gasteiger partial charge is 0.0689 e. The molecule has 15 heteroatoms. The maximum atomic E-state index is 8.25. The minimum absolute atomic E-state index is 0. The van der Waals surface area contributed by atoms with Crippen molar-refractivity contribution in [3.63, 3.8) is 0 Å². The van der Waals surface area contributed by atoms with Crippen molar-refractivity contribution in [3.8, 4) is 0 Å². The number of rotatable bonds is 0. The Morgan fingerprint density at radius 2 is 0.533 bits per heavy atom. The zero-order valence-corrected chi connectivity index (χ0v) is 7.72.